The summed E-state index contributed by atoms with van der Waals surface area (Å²) in [5, 5.41) is 2.24. The molecule has 3 heteroatoms. The predicted octanol–water partition coefficient (Wildman–Crippen LogP) is 10.1. The molecular weight excluding hydrogens is 512 g/mol. The van der Waals surface area contributed by atoms with Gasteiger partial charge in [0.2, 0.25) is 0 Å². The van der Waals surface area contributed by atoms with Gasteiger partial charge >= 0.3 is 0 Å². The molecule has 3 nitrogen and oxygen atoms in total. The van der Waals surface area contributed by atoms with Gasteiger partial charge in [0.05, 0.1) is 16.6 Å². The Kier molecular flexibility index (Phi) is 5.41. The highest BCUT2D eigenvalue weighted by molar-refractivity contribution is 6.29. The lowest BCUT2D eigenvalue weighted by molar-refractivity contribution is 0.104. The largest absolute Gasteiger partial charge is 0.310 e. The second kappa shape index (κ2) is 9.32. The second-order valence-corrected chi connectivity index (χ2v) is 11.0. The molecule has 7 aromatic rings. The average Bonchev–Trinajstić information content (AvgIpc) is 3.52. The van der Waals surface area contributed by atoms with E-state index in [0.29, 0.717) is 0 Å². The highest BCUT2D eigenvalue weighted by Gasteiger charge is 2.31. The molecule has 0 bridgehead atoms. The first-order valence-corrected chi connectivity index (χ1v) is 14.3. The predicted molar refractivity (Wildman–Crippen MR) is 174 cm³/mol. The van der Waals surface area contributed by atoms with Crippen LogP contribution in [0.4, 0.5) is 17.1 Å². The number of carbonyl (C=O) groups excluding carboxylic acids is 1. The van der Waals surface area contributed by atoms with Crippen molar-refractivity contribution in [3.63, 3.8) is 0 Å². The van der Waals surface area contributed by atoms with Crippen molar-refractivity contribution in [3.05, 3.63) is 156 Å². The zero-order chi connectivity index (χ0) is 28.4. The number of aromatic nitrogens is 1. The molecule has 0 saturated heterocycles. The molecule has 1 heterocycles. The number of anilines is 3. The van der Waals surface area contributed by atoms with Gasteiger partial charge in [0, 0.05) is 39.1 Å². The van der Waals surface area contributed by atoms with E-state index < -0.39 is 0 Å². The van der Waals surface area contributed by atoms with Crippen LogP contribution in [0.2, 0.25) is 0 Å². The third-order valence-corrected chi connectivity index (χ3v) is 8.60. The Morgan fingerprint density at radius 3 is 1.81 bits per heavy atom. The minimum Gasteiger partial charge on any atom is -0.310 e. The van der Waals surface area contributed by atoms with Crippen LogP contribution in [0.15, 0.2) is 133 Å². The molecule has 0 spiro atoms. The van der Waals surface area contributed by atoms with Crippen molar-refractivity contribution < 1.29 is 4.79 Å². The summed E-state index contributed by atoms with van der Waals surface area (Å²) in [6.07, 6.45) is 0. The van der Waals surface area contributed by atoms with E-state index >= 15 is 0 Å². The molecule has 0 radical (unpaired) electrons. The van der Waals surface area contributed by atoms with Gasteiger partial charge < -0.3 is 9.47 Å². The Morgan fingerprint density at radius 1 is 0.524 bits per heavy atom. The molecule has 0 aliphatic heterocycles. The molecule has 0 atom stereocenters. The van der Waals surface area contributed by atoms with Crippen molar-refractivity contribution >= 4 is 44.7 Å². The normalized spacial score (nSPS) is 12.1. The molecule has 0 amide bonds. The molecular formula is C39H28N2O. The number of hydrogen-bond donors (Lipinski definition) is 0. The summed E-state index contributed by atoms with van der Waals surface area (Å²) in [5.74, 6) is 0.0946. The van der Waals surface area contributed by atoms with Crippen LogP contribution in [0.25, 0.3) is 38.6 Å². The van der Waals surface area contributed by atoms with E-state index in [4.69, 9.17) is 0 Å². The Morgan fingerprint density at radius 2 is 1.12 bits per heavy atom. The maximum absolute atomic E-state index is 13.9. The van der Waals surface area contributed by atoms with E-state index in [-0.39, 0.29) is 5.78 Å². The van der Waals surface area contributed by atoms with Crippen LogP contribution in [0.3, 0.4) is 0 Å². The minimum absolute atomic E-state index is 0.0946. The van der Waals surface area contributed by atoms with Crippen molar-refractivity contribution in [3.8, 4) is 16.8 Å². The number of ketones is 1. The fourth-order valence-electron chi connectivity index (χ4n) is 6.62. The fraction of sp³-hybridized carbons (Fsp3) is 0.0513. The molecule has 6 aromatic carbocycles. The van der Waals surface area contributed by atoms with Gasteiger partial charge in [-0.1, -0.05) is 91.0 Å². The molecule has 1 aliphatic carbocycles. The molecule has 1 aromatic heterocycles. The molecule has 0 fully saturated rings. The minimum atomic E-state index is 0.0946. The van der Waals surface area contributed by atoms with Crippen LogP contribution < -0.4 is 4.90 Å². The Labute approximate surface area is 244 Å². The average molecular weight is 541 g/mol. The summed E-state index contributed by atoms with van der Waals surface area (Å²) in [5.41, 5.74) is 12.5. The number of nitrogens with zero attached hydrogens (tertiary/aromatic N) is 2. The zero-order valence-electron chi connectivity index (χ0n) is 23.5. The number of aryl methyl sites for hydroxylation is 2. The van der Waals surface area contributed by atoms with Crippen LogP contribution >= 0.6 is 0 Å². The number of benzene rings is 6. The van der Waals surface area contributed by atoms with Crippen molar-refractivity contribution in [2.45, 2.75) is 13.8 Å². The maximum Gasteiger partial charge on any atom is 0.196 e. The van der Waals surface area contributed by atoms with Gasteiger partial charge in [0.1, 0.15) is 0 Å². The van der Waals surface area contributed by atoms with E-state index in [9.17, 15) is 4.79 Å². The van der Waals surface area contributed by atoms with E-state index in [2.05, 4.69) is 139 Å². The smallest absolute Gasteiger partial charge is 0.196 e. The van der Waals surface area contributed by atoms with Crippen molar-refractivity contribution in [1.82, 2.24) is 4.57 Å². The third-order valence-electron chi connectivity index (χ3n) is 8.60. The van der Waals surface area contributed by atoms with Gasteiger partial charge in [-0.2, -0.15) is 0 Å². The van der Waals surface area contributed by atoms with Gasteiger partial charge in [0.15, 0.2) is 5.78 Å². The van der Waals surface area contributed by atoms with Gasteiger partial charge in [0.25, 0.3) is 0 Å². The first-order valence-electron chi connectivity index (χ1n) is 14.3. The van der Waals surface area contributed by atoms with Crippen LogP contribution in [-0.4, -0.2) is 10.4 Å². The monoisotopic (exact) mass is 540 g/mol. The fourth-order valence-corrected chi connectivity index (χ4v) is 6.62. The van der Waals surface area contributed by atoms with Crippen LogP contribution in [0.1, 0.15) is 27.0 Å². The van der Waals surface area contributed by atoms with Gasteiger partial charge in [-0.15, -0.1) is 0 Å². The van der Waals surface area contributed by atoms with Gasteiger partial charge in [-0.05, 0) is 78.6 Å². The van der Waals surface area contributed by atoms with Crippen molar-refractivity contribution in [2.24, 2.45) is 0 Å². The summed E-state index contributed by atoms with van der Waals surface area (Å²) >= 11 is 0. The highest BCUT2D eigenvalue weighted by atomic mass is 16.1. The second-order valence-electron chi connectivity index (χ2n) is 11.0. The molecule has 200 valence electrons. The lowest BCUT2D eigenvalue weighted by atomic mass is 10.0. The Balaban J connectivity index is 1.35. The molecule has 0 unspecified atom stereocenters. The number of carbonyl (C=O) groups is 1. The van der Waals surface area contributed by atoms with Crippen molar-refractivity contribution in [1.29, 1.82) is 0 Å². The van der Waals surface area contributed by atoms with Crippen LogP contribution in [0, 0.1) is 13.8 Å². The lowest BCUT2D eigenvalue weighted by Crippen LogP contribution is -2.12. The standard InChI is InChI=1S/C39H28N2O/c1-25-11-3-8-16-34(25)40(35-17-9-4-12-26(35)2)27-19-21-28(22-20-27)41-36-18-10-7-14-30(36)32-24-23-31-29-13-5-6-15-33(29)39(42)37(31)38(32)41/h3-24H,1-2H3. The lowest BCUT2D eigenvalue weighted by Gasteiger charge is -2.28. The number of rotatable bonds is 4. The SMILES string of the molecule is Cc1ccccc1N(c1ccc(-n2c3ccccc3c3ccc4c(c32)C(=O)c2ccccc2-4)cc1)c1ccccc1C. The zero-order valence-corrected chi connectivity index (χ0v) is 23.5. The maximum atomic E-state index is 13.9. The van der Waals surface area contributed by atoms with E-state index in [1.165, 1.54) is 11.1 Å². The van der Waals surface area contributed by atoms with Gasteiger partial charge in [-0.3, -0.25) is 4.79 Å². The van der Waals surface area contributed by atoms with E-state index in [1.54, 1.807) is 0 Å². The first kappa shape index (κ1) is 24.4. The summed E-state index contributed by atoms with van der Waals surface area (Å²) in [6, 6.07) is 46.4. The molecule has 42 heavy (non-hydrogen) atoms. The molecule has 0 saturated carbocycles. The van der Waals surface area contributed by atoms with E-state index in [1.807, 2.05) is 18.2 Å². The number of para-hydroxylation sites is 3. The summed E-state index contributed by atoms with van der Waals surface area (Å²) < 4.78 is 2.27. The molecule has 0 N–H and O–H groups in total. The highest BCUT2D eigenvalue weighted by Crippen LogP contribution is 2.44. The molecule has 1 aliphatic rings. The van der Waals surface area contributed by atoms with Crippen LogP contribution in [-0.2, 0) is 0 Å². The Bertz CT molecular complexity index is 2140. The summed E-state index contributed by atoms with van der Waals surface area (Å²) in [4.78, 5) is 16.2. The van der Waals surface area contributed by atoms with Crippen molar-refractivity contribution in [2.75, 3.05) is 4.90 Å². The molecule has 8 rings (SSSR count). The van der Waals surface area contributed by atoms with E-state index in [0.717, 1.165) is 66.8 Å². The number of fused-ring (bicyclic) bond motifs is 7. The first-order chi connectivity index (χ1) is 20.6. The van der Waals surface area contributed by atoms with Gasteiger partial charge in [-0.25, -0.2) is 0 Å². The summed E-state index contributed by atoms with van der Waals surface area (Å²) in [7, 11) is 0. The number of hydrogen-bond acceptors (Lipinski definition) is 2. The summed E-state index contributed by atoms with van der Waals surface area (Å²) in [6.45, 7) is 4.31. The third kappa shape index (κ3) is 3.50. The Hall–Kier alpha value is -5.41. The quantitative estimate of drug-likeness (QED) is 0.222. The van der Waals surface area contributed by atoms with Crippen LogP contribution in [0.5, 0.6) is 0 Å². The topological polar surface area (TPSA) is 25.2 Å².